The number of hydrogen-bond acceptors (Lipinski definition) is 4. The molecule has 0 aliphatic carbocycles. The van der Waals surface area contributed by atoms with Crippen LogP contribution in [-0.4, -0.2) is 22.3 Å². The van der Waals surface area contributed by atoms with Crippen LogP contribution in [0.4, 0.5) is 0 Å². The van der Waals surface area contributed by atoms with Crippen LogP contribution in [0.2, 0.25) is 0 Å². The van der Waals surface area contributed by atoms with Crippen molar-refractivity contribution in [2.75, 3.05) is 7.11 Å². The van der Waals surface area contributed by atoms with Crippen molar-refractivity contribution in [3.05, 3.63) is 69.1 Å². The van der Waals surface area contributed by atoms with Crippen LogP contribution in [0.5, 0.6) is 5.75 Å². The molecule has 4 rings (SSSR count). The minimum absolute atomic E-state index is 0.219. The Labute approximate surface area is 135 Å². The lowest BCUT2D eigenvalue weighted by atomic mass is 10.0. The number of para-hydroxylation sites is 1. The van der Waals surface area contributed by atoms with Crippen molar-refractivity contribution in [3.63, 3.8) is 0 Å². The predicted molar refractivity (Wildman–Crippen MR) is 92.5 cm³/mol. The first-order chi connectivity index (χ1) is 11.7. The Morgan fingerprint density at radius 3 is 2.50 bits per heavy atom. The molecule has 0 aliphatic heterocycles. The number of ether oxygens (including phenoxy) is 1. The Morgan fingerprint density at radius 2 is 1.75 bits per heavy atom. The van der Waals surface area contributed by atoms with Crippen molar-refractivity contribution < 1.29 is 4.74 Å². The van der Waals surface area contributed by atoms with Gasteiger partial charge in [-0.1, -0.05) is 12.1 Å². The SMILES string of the molecule is COc1ccc(-c2n[nH]c(=O)c3[nH]c4ccccc4c(=O)c23)cc1. The summed E-state index contributed by atoms with van der Waals surface area (Å²) in [5, 5.41) is 7.36. The second-order valence-corrected chi connectivity index (χ2v) is 5.38. The highest BCUT2D eigenvalue weighted by Crippen LogP contribution is 2.24. The Morgan fingerprint density at radius 1 is 1.00 bits per heavy atom. The number of pyridine rings is 1. The maximum atomic E-state index is 12.9. The lowest BCUT2D eigenvalue weighted by Crippen LogP contribution is -2.17. The molecule has 6 heteroatoms. The summed E-state index contributed by atoms with van der Waals surface area (Å²) in [6.07, 6.45) is 0. The maximum Gasteiger partial charge on any atom is 0.288 e. The van der Waals surface area contributed by atoms with E-state index in [2.05, 4.69) is 15.2 Å². The van der Waals surface area contributed by atoms with Crippen LogP contribution >= 0.6 is 0 Å². The van der Waals surface area contributed by atoms with Crippen molar-refractivity contribution in [1.29, 1.82) is 0 Å². The van der Waals surface area contributed by atoms with Crippen LogP contribution < -0.4 is 15.7 Å². The summed E-state index contributed by atoms with van der Waals surface area (Å²) in [5.41, 5.74) is 1.35. The fraction of sp³-hybridized carbons (Fsp3) is 0.0556. The molecule has 118 valence electrons. The van der Waals surface area contributed by atoms with Gasteiger partial charge in [-0.3, -0.25) is 9.59 Å². The molecule has 2 N–H and O–H groups in total. The van der Waals surface area contributed by atoms with Gasteiger partial charge in [-0.2, -0.15) is 5.10 Å². The number of aromatic amines is 2. The van der Waals surface area contributed by atoms with Crippen molar-refractivity contribution in [1.82, 2.24) is 15.2 Å². The largest absolute Gasteiger partial charge is 0.497 e. The summed E-state index contributed by atoms with van der Waals surface area (Å²) in [7, 11) is 1.58. The van der Waals surface area contributed by atoms with Gasteiger partial charge in [-0.05, 0) is 36.4 Å². The zero-order chi connectivity index (χ0) is 16.7. The molecule has 2 aromatic carbocycles. The molecule has 0 aliphatic rings. The van der Waals surface area contributed by atoms with Crippen molar-refractivity contribution >= 4 is 21.8 Å². The number of fused-ring (bicyclic) bond motifs is 2. The van der Waals surface area contributed by atoms with E-state index in [4.69, 9.17) is 4.74 Å². The van der Waals surface area contributed by atoms with E-state index in [1.165, 1.54) is 0 Å². The molecule has 0 spiro atoms. The summed E-state index contributed by atoms with van der Waals surface area (Å²) < 4.78 is 5.15. The summed E-state index contributed by atoms with van der Waals surface area (Å²) >= 11 is 0. The number of rotatable bonds is 2. The number of benzene rings is 2. The molecule has 2 heterocycles. The van der Waals surface area contributed by atoms with E-state index < -0.39 is 5.56 Å². The highest BCUT2D eigenvalue weighted by Gasteiger charge is 2.15. The lowest BCUT2D eigenvalue weighted by molar-refractivity contribution is 0.415. The van der Waals surface area contributed by atoms with E-state index in [-0.39, 0.29) is 16.3 Å². The molecule has 0 unspecified atom stereocenters. The predicted octanol–water partition coefficient (Wildman–Crippen LogP) is 2.44. The molecule has 0 saturated heterocycles. The zero-order valence-corrected chi connectivity index (χ0v) is 12.8. The molecule has 2 aromatic heterocycles. The van der Waals surface area contributed by atoms with Crippen molar-refractivity contribution in [2.24, 2.45) is 0 Å². The molecule has 24 heavy (non-hydrogen) atoms. The molecule has 0 bridgehead atoms. The van der Waals surface area contributed by atoms with Gasteiger partial charge in [0.15, 0.2) is 5.43 Å². The molecule has 0 atom stereocenters. The van der Waals surface area contributed by atoms with Crippen LogP contribution in [-0.2, 0) is 0 Å². The first-order valence-electron chi connectivity index (χ1n) is 7.37. The molecule has 6 nitrogen and oxygen atoms in total. The molecule has 0 fully saturated rings. The number of hydrogen-bond donors (Lipinski definition) is 2. The van der Waals surface area contributed by atoms with E-state index in [9.17, 15) is 9.59 Å². The monoisotopic (exact) mass is 319 g/mol. The van der Waals surface area contributed by atoms with Crippen molar-refractivity contribution in [2.45, 2.75) is 0 Å². The minimum Gasteiger partial charge on any atom is -0.497 e. The van der Waals surface area contributed by atoms with Crippen LogP contribution in [0.1, 0.15) is 0 Å². The van der Waals surface area contributed by atoms with E-state index in [0.29, 0.717) is 22.3 Å². The lowest BCUT2D eigenvalue weighted by Gasteiger charge is -2.07. The van der Waals surface area contributed by atoms with Gasteiger partial charge in [0.2, 0.25) is 0 Å². The summed E-state index contributed by atoms with van der Waals surface area (Å²) in [5.74, 6) is 0.701. The fourth-order valence-electron chi connectivity index (χ4n) is 2.81. The van der Waals surface area contributed by atoms with Gasteiger partial charge >= 0.3 is 0 Å². The molecule has 0 saturated carbocycles. The summed E-state index contributed by atoms with van der Waals surface area (Å²) in [6.45, 7) is 0. The molecule has 4 aromatic rings. The average molecular weight is 319 g/mol. The summed E-state index contributed by atoms with van der Waals surface area (Å²) in [4.78, 5) is 28.1. The normalized spacial score (nSPS) is 11.0. The van der Waals surface area contributed by atoms with Crippen LogP contribution in [0.3, 0.4) is 0 Å². The third kappa shape index (κ3) is 2.08. The average Bonchev–Trinajstić information content (AvgIpc) is 2.63. The number of H-pyrrole nitrogens is 2. The Balaban J connectivity index is 2.13. The standard InChI is InChI=1S/C18H13N3O3/c1-24-11-8-6-10(7-9-11)15-14-16(18(23)21-20-15)19-13-5-3-2-4-12(13)17(14)22/h2-9H,1H3,(H,19,22)(H,21,23). The van der Waals surface area contributed by atoms with Gasteiger partial charge in [-0.15, -0.1) is 0 Å². The number of methoxy groups -OCH3 is 1. The Kier molecular flexibility index (Phi) is 3.16. The third-order valence-electron chi connectivity index (χ3n) is 4.00. The fourth-order valence-corrected chi connectivity index (χ4v) is 2.81. The van der Waals surface area contributed by atoms with Gasteiger partial charge in [0, 0.05) is 16.5 Å². The smallest absolute Gasteiger partial charge is 0.288 e. The van der Waals surface area contributed by atoms with Crippen LogP contribution in [0.25, 0.3) is 33.1 Å². The summed E-state index contributed by atoms with van der Waals surface area (Å²) in [6, 6.07) is 14.3. The molecule has 0 radical (unpaired) electrons. The van der Waals surface area contributed by atoms with Gasteiger partial charge < -0.3 is 9.72 Å². The van der Waals surface area contributed by atoms with E-state index in [1.807, 2.05) is 6.07 Å². The minimum atomic E-state index is -0.426. The Hall–Kier alpha value is -3.41. The van der Waals surface area contributed by atoms with Gasteiger partial charge in [-0.25, -0.2) is 5.10 Å². The topological polar surface area (TPSA) is 87.8 Å². The highest BCUT2D eigenvalue weighted by molar-refractivity contribution is 5.98. The molecular weight excluding hydrogens is 306 g/mol. The highest BCUT2D eigenvalue weighted by atomic mass is 16.5. The van der Waals surface area contributed by atoms with E-state index >= 15 is 0 Å². The van der Waals surface area contributed by atoms with Gasteiger partial charge in [0.05, 0.1) is 12.5 Å². The first kappa shape index (κ1) is 14.2. The van der Waals surface area contributed by atoms with Crippen LogP contribution in [0, 0.1) is 0 Å². The second-order valence-electron chi connectivity index (χ2n) is 5.38. The van der Waals surface area contributed by atoms with Crippen LogP contribution in [0.15, 0.2) is 58.1 Å². The van der Waals surface area contributed by atoms with E-state index in [0.717, 1.165) is 5.56 Å². The van der Waals surface area contributed by atoms with E-state index in [1.54, 1.807) is 49.6 Å². The van der Waals surface area contributed by atoms with Gasteiger partial charge in [0.25, 0.3) is 5.56 Å². The number of aromatic nitrogens is 3. The maximum absolute atomic E-state index is 12.9. The quantitative estimate of drug-likeness (QED) is 0.556. The first-order valence-corrected chi connectivity index (χ1v) is 7.37. The second kappa shape index (κ2) is 5.34. The molecular formula is C18H13N3O3. The van der Waals surface area contributed by atoms with Gasteiger partial charge in [0.1, 0.15) is 17.0 Å². The number of nitrogens with zero attached hydrogens (tertiary/aromatic N) is 1. The molecule has 0 amide bonds. The number of nitrogens with one attached hydrogen (secondary N) is 2. The third-order valence-corrected chi connectivity index (χ3v) is 4.00. The zero-order valence-electron chi connectivity index (χ0n) is 12.8. The van der Waals surface area contributed by atoms with Crippen molar-refractivity contribution in [3.8, 4) is 17.0 Å². The Bertz CT molecular complexity index is 1170.